The smallest absolute Gasteiger partial charge is 0.232 e. The largest absolute Gasteiger partial charge is 0.339 e. The minimum atomic E-state index is -0.0604. The lowest BCUT2D eigenvalue weighted by molar-refractivity contribution is 0.312. The number of aromatic nitrogens is 2. The van der Waals surface area contributed by atoms with Crippen molar-refractivity contribution in [2.75, 3.05) is 0 Å². The van der Waals surface area contributed by atoms with Gasteiger partial charge >= 0.3 is 0 Å². The van der Waals surface area contributed by atoms with Crippen molar-refractivity contribution in [3.63, 3.8) is 0 Å². The summed E-state index contributed by atoms with van der Waals surface area (Å²) in [4.78, 5) is 4.45. The molecule has 14 heavy (non-hydrogen) atoms. The van der Waals surface area contributed by atoms with Gasteiger partial charge in [-0.15, -0.1) is 0 Å². The summed E-state index contributed by atoms with van der Waals surface area (Å²) in [6, 6.07) is 0. The van der Waals surface area contributed by atoms with Crippen LogP contribution in [0.3, 0.4) is 0 Å². The van der Waals surface area contributed by atoms with Crippen molar-refractivity contribution in [2.24, 2.45) is 0 Å². The van der Waals surface area contributed by atoms with E-state index >= 15 is 0 Å². The number of nitrogens with zero attached hydrogens (tertiary/aromatic N) is 2. The summed E-state index contributed by atoms with van der Waals surface area (Å²) in [5, 5.41) is 4.04. The molecule has 0 N–H and O–H groups in total. The maximum absolute atomic E-state index is 5.26. The molecule has 0 radical (unpaired) electrons. The van der Waals surface area contributed by atoms with Gasteiger partial charge in [0.05, 0.1) is 0 Å². The van der Waals surface area contributed by atoms with E-state index in [1.54, 1.807) is 0 Å². The SMILES string of the molecule is CCC(C)(C)c1noc(C(C)(C)C)n1. The molecule has 0 aliphatic rings. The van der Waals surface area contributed by atoms with Crippen LogP contribution >= 0.6 is 0 Å². The van der Waals surface area contributed by atoms with Gasteiger partial charge in [0.15, 0.2) is 5.82 Å². The molecule has 0 aliphatic heterocycles. The van der Waals surface area contributed by atoms with Gasteiger partial charge in [0, 0.05) is 10.8 Å². The summed E-state index contributed by atoms with van der Waals surface area (Å²) < 4.78 is 5.26. The highest BCUT2D eigenvalue weighted by Crippen LogP contribution is 2.27. The first kappa shape index (κ1) is 11.2. The first-order valence-corrected chi connectivity index (χ1v) is 5.12. The fraction of sp³-hybridized carbons (Fsp3) is 0.818. The van der Waals surface area contributed by atoms with Gasteiger partial charge in [0.1, 0.15) is 0 Å². The van der Waals surface area contributed by atoms with Crippen LogP contribution in [0.15, 0.2) is 4.52 Å². The molecule has 1 aromatic rings. The van der Waals surface area contributed by atoms with Crippen LogP contribution in [0.5, 0.6) is 0 Å². The first-order chi connectivity index (χ1) is 6.27. The van der Waals surface area contributed by atoms with Crippen LogP contribution in [0.4, 0.5) is 0 Å². The molecule has 1 rings (SSSR count). The predicted molar refractivity (Wildman–Crippen MR) is 56.3 cm³/mol. The summed E-state index contributed by atoms with van der Waals surface area (Å²) >= 11 is 0. The van der Waals surface area contributed by atoms with E-state index in [4.69, 9.17) is 4.52 Å². The Bertz CT molecular complexity index is 307. The van der Waals surface area contributed by atoms with E-state index in [9.17, 15) is 0 Å². The molecule has 1 heterocycles. The standard InChI is InChI=1S/C11H20N2O/c1-7-11(5,6)8-12-9(14-13-8)10(2,3)4/h7H2,1-6H3. The van der Waals surface area contributed by atoms with Crippen molar-refractivity contribution >= 4 is 0 Å². The molecule has 0 aromatic carbocycles. The zero-order valence-electron chi connectivity index (χ0n) is 10.0. The third-order valence-electron chi connectivity index (χ3n) is 2.56. The lowest BCUT2D eigenvalue weighted by atomic mass is 9.89. The maximum Gasteiger partial charge on any atom is 0.232 e. The fourth-order valence-corrected chi connectivity index (χ4v) is 0.961. The van der Waals surface area contributed by atoms with E-state index in [2.05, 4.69) is 51.7 Å². The highest BCUT2D eigenvalue weighted by atomic mass is 16.5. The molecule has 0 spiro atoms. The van der Waals surface area contributed by atoms with Crippen LogP contribution in [-0.4, -0.2) is 10.1 Å². The molecule has 0 bridgehead atoms. The Balaban J connectivity index is 3.00. The van der Waals surface area contributed by atoms with Gasteiger partial charge in [-0.1, -0.05) is 46.7 Å². The van der Waals surface area contributed by atoms with E-state index in [1.807, 2.05) is 0 Å². The van der Waals surface area contributed by atoms with Crippen LogP contribution in [0.2, 0.25) is 0 Å². The van der Waals surface area contributed by atoms with Crippen molar-refractivity contribution in [2.45, 2.75) is 58.8 Å². The Morgan fingerprint density at radius 1 is 1.14 bits per heavy atom. The van der Waals surface area contributed by atoms with Gasteiger partial charge in [0.2, 0.25) is 5.89 Å². The second-order valence-corrected chi connectivity index (χ2v) is 5.41. The van der Waals surface area contributed by atoms with Crippen LogP contribution in [0, 0.1) is 0 Å². The van der Waals surface area contributed by atoms with Crippen molar-refractivity contribution < 1.29 is 4.52 Å². The van der Waals surface area contributed by atoms with Gasteiger partial charge < -0.3 is 4.52 Å². The summed E-state index contributed by atoms with van der Waals surface area (Å²) in [5.41, 5.74) is -0.0535. The second kappa shape index (κ2) is 3.37. The molecule has 80 valence electrons. The normalized spacial score (nSPS) is 13.3. The van der Waals surface area contributed by atoms with E-state index < -0.39 is 0 Å². The van der Waals surface area contributed by atoms with E-state index in [1.165, 1.54) is 0 Å². The number of hydrogen-bond acceptors (Lipinski definition) is 3. The van der Waals surface area contributed by atoms with Gasteiger partial charge in [-0.3, -0.25) is 0 Å². The van der Waals surface area contributed by atoms with Gasteiger partial charge in [0.25, 0.3) is 0 Å². The van der Waals surface area contributed by atoms with Crippen LogP contribution in [0.1, 0.15) is 59.7 Å². The van der Waals surface area contributed by atoms with Crippen LogP contribution in [-0.2, 0) is 10.8 Å². The lowest BCUT2D eigenvalue weighted by Crippen LogP contribution is -2.18. The van der Waals surface area contributed by atoms with Gasteiger partial charge in [-0.05, 0) is 6.42 Å². The molecule has 0 saturated heterocycles. The average molecular weight is 196 g/mol. The van der Waals surface area contributed by atoms with Crippen molar-refractivity contribution in [1.82, 2.24) is 10.1 Å². The quantitative estimate of drug-likeness (QED) is 0.729. The second-order valence-electron chi connectivity index (χ2n) is 5.41. The van der Waals surface area contributed by atoms with E-state index in [0.29, 0.717) is 5.89 Å². The van der Waals surface area contributed by atoms with Gasteiger partial charge in [-0.25, -0.2) is 0 Å². The topological polar surface area (TPSA) is 38.9 Å². The minimum Gasteiger partial charge on any atom is -0.339 e. The third kappa shape index (κ3) is 2.14. The van der Waals surface area contributed by atoms with E-state index in [-0.39, 0.29) is 10.8 Å². The molecule has 0 fully saturated rings. The predicted octanol–water partition coefficient (Wildman–Crippen LogP) is 3.05. The Hall–Kier alpha value is -0.860. The lowest BCUT2D eigenvalue weighted by Gasteiger charge is -2.17. The van der Waals surface area contributed by atoms with Crippen LogP contribution < -0.4 is 0 Å². The number of rotatable bonds is 2. The van der Waals surface area contributed by atoms with Crippen molar-refractivity contribution in [1.29, 1.82) is 0 Å². The average Bonchev–Trinajstić information content (AvgIpc) is 2.51. The summed E-state index contributed by atoms with van der Waals surface area (Å²) in [5.74, 6) is 1.53. The zero-order chi connectivity index (χ0) is 11.0. The number of hydrogen-bond donors (Lipinski definition) is 0. The molecular weight excluding hydrogens is 176 g/mol. The molecule has 0 unspecified atom stereocenters. The fourth-order valence-electron chi connectivity index (χ4n) is 0.961. The maximum atomic E-state index is 5.26. The summed E-state index contributed by atoms with van der Waals surface area (Å²) in [6.45, 7) is 12.6. The Morgan fingerprint density at radius 3 is 2.07 bits per heavy atom. The molecule has 0 atom stereocenters. The highest BCUT2D eigenvalue weighted by Gasteiger charge is 2.28. The van der Waals surface area contributed by atoms with Crippen molar-refractivity contribution in [3.8, 4) is 0 Å². The van der Waals surface area contributed by atoms with Gasteiger partial charge in [-0.2, -0.15) is 4.98 Å². The third-order valence-corrected chi connectivity index (χ3v) is 2.56. The molecule has 0 aliphatic carbocycles. The molecule has 1 aromatic heterocycles. The van der Waals surface area contributed by atoms with Crippen LogP contribution in [0.25, 0.3) is 0 Å². The Kier molecular flexibility index (Phi) is 2.70. The summed E-state index contributed by atoms with van der Waals surface area (Å²) in [7, 11) is 0. The Morgan fingerprint density at radius 2 is 1.71 bits per heavy atom. The summed E-state index contributed by atoms with van der Waals surface area (Å²) in [6.07, 6.45) is 1.01. The molecule has 3 heteroatoms. The zero-order valence-corrected chi connectivity index (χ0v) is 10.0. The van der Waals surface area contributed by atoms with Crippen molar-refractivity contribution in [3.05, 3.63) is 11.7 Å². The Labute approximate surface area is 85.9 Å². The molecule has 0 amide bonds. The minimum absolute atomic E-state index is 0.00694. The molecule has 0 saturated carbocycles. The van der Waals surface area contributed by atoms with E-state index in [0.717, 1.165) is 12.2 Å². The highest BCUT2D eigenvalue weighted by molar-refractivity contribution is 5.05. The first-order valence-electron chi connectivity index (χ1n) is 5.12. The monoisotopic (exact) mass is 196 g/mol. The molecular formula is C11H20N2O. The molecule has 3 nitrogen and oxygen atoms in total.